The third-order valence-electron chi connectivity index (χ3n) is 3.74. The van der Waals surface area contributed by atoms with Crippen LogP contribution < -0.4 is 10.6 Å². The zero-order valence-corrected chi connectivity index (χ0v) is 12.0. The predicted octanol–water partition coefficient (Wildman–Crippen LogP) is 1.77. The fraction of sp³-hybridized carbons (Fsp3) is 0.533. The molecule has 1 saturated heterocycles. The molecule has 1 fully saturated rings. The molecule has 0 saturated carbocycles. The van der Waals surface area contributed by atoms with E-state index in [0.29, 0.717) is 19.7 Å². The fourth-order valence-corrected chi connectivity index (χ4v) is 2.74. The largest absolute Gasteiger partial charge is 0.382 e. The summed E-state index contributed by atoms with van der Waals surface area (Å²) in [5.41, 5.74) is 2.55. The van der Waals surface area contributed by atoms with E-state index in [1.165, 1.54) is 0 Å². The number of rotatable bonds is 1. The zero-order chi connectivity index (χ0) is 14.2. The summed E-state index contributed by atoms with van der Waals surface area (Å²) in [5, 5.41) is 6.63. The van der Waals surface area contributed by atoms with Crippen LogP contribution in [0.15, 0.2) is 18.2 Å². The first kappa shape index (κ1) is 13.2. The summed E-state index contributed by atoms with van der Waals surface area (Å²) in [7, 11) is 0. The Morgan fingerprint density at radius 3 is 2.75 bits per heavy atom. The number of carbonyl (C=O) groups is 1. The van der Waals surface area contributed by atoms with Crippen LogP contribution in [0, 0.1) is 0 Å². The van der Waals surface area contributed by atoms with E-state index in [2.05, 4.69) is 10.6 Å². The van der Waals surface area contributed by atoms with E-state index >= 15 is 0 Å². The van der Waals surface area contributed by atoms with E-state index in [9.17, 15) is 4.79 Å². The number of hydrogen-bond donors (Lipinski definition) is 2. The van der Waals surface area contributed by atoms with Gasteiger partial charge in [-0.25, -0.2) is 0 Å². The average Bonchev–Trinajstić information content (AvgIpc) is 2.45. The van der Waals surface area contributed by atoms with Gasteiger partial charge in [0.15, 0.2) is 0 Å². The van der Waals surface area contributed by atoms with E-state index in [-0.39, 0.29) is 11.5 Å². The maximum Gasteiger partial charge on any atom is 0.254 e. The van der Waals surface area contributed by atoms with Crippen LogP contribution in [0.5, 0.6) is 0 Å². The molecular weight excluding hydrogens is 254 g/mol. The fourth-order valence-electron chi connectivity index (χ4n) is 2.74. The van der Waals surface area contributed by atoms with Gasteiger partial charge in [-0.2, -0.15) is 0 Å². The first-order valence-corrected chi connectivity index (χ1v) is 7.10. The molecule has 0 spiro atoms. The quantitative estimate of drug-likeness (QED) is 0.820. The lowest BCUT2D eigenvalue weighted by Crippen LogP contribution is -2.50. The van der Waals surface area contributed by atoms with E-state index in [1.807, 2.05) is 36.9 Å². The van der Waals surface area contributed by atoms with E-state index in [0.717, 1.165) is 30.0 Å². The highest BCUT2D eigenvalue weighted by Crippen LogP contribution is 2.26. The number of amides is 1. The van der Waals surface area contributed by atoms with Crippen molar-refractivity contribution in [3.05, 3.63) is 23.8 Å². The van der Waals surface area contributed by atoms with E-state index in [1.54, 1.807) is 0 Å². The highest BCUT2D eigenvalue weighted by atomic mass is 16.5. The van der Waals surface area contributed by atoms with Crippen molar-refractivity contribution >= 4 is 17.3 Å². The molecule has 20 heavy (non-hydrogen) atoms. The molecule has 0 atom stereocenters. The summed E-state index contributed by atoms with van der Waals surface area (Å²) in [5.74, 6) is 0.0801. The van der Waals surface area contributed by atoms with Gasteiger partial charge >= 0.3 is 0 Å². The summed E-state index contributed by atoms with van der Waals surface area (Å²) in [6.07, 6.45) is 0. The van der Waals surface area contributed by atoms with Crippen molar-refractivity contribution in [1.82, 2.24) is 4.90 Å². The zero-order valence-electron chi connectivity index (χ0n) is 12.0. The van der Waals surface area contributed by atoms with Crippen molar-refractivity contribution in [3.63, 3.8) is 0 Å². The number of anilines is 2. The van der Waals surface area contributed by atoms with Crippen molar-refractivity contribution in [1.29, 1.82) is 0 Å². The Morgan fingerprint density at radius 2 is 2.00 bits per heavy atom. The average molecular weight is 275 g/mol. The monoisotopic (exact) mass is 275 g/mol. The van der Waals surface area contributed by atoms with E-state index < -0.39 is 0 Å². The maximum atomic E-state index is 12.6. The predicted molar refractivity (Wildman–Crippen MR) is 79.4 cm³/mol. The highest BCUT2D eigenvalue weighted by molar-refractivity contribution is 5.96. The number of nitrogens with one attached hydrogen (secondary N) is 2. The molecule has 0 aromatic heterocycles. The molecule has 108 valence electrons. The van der Waals surface area contributed by atoms with Gasteiger partial charge in [0.25, 0.3) is 5.91 Å². The number of carbonyl (C=O) groups excluding carboxylic acids is 1. The third-order valence-corrected chi connectivity index (χ3v) is 3.74. The number of nitrogens with zero attached hydrogens (tertiary/aromatic N) is 1. The second kappa shape index (κ2) is 4.98. The molecule has 2 N–H and O–H groups in total. The van der Waals surface area contributed by atoms with Crippen molar-refractivity contribution in [3.8, 4) is 0 Å². The Hall–Kier alpha value is -1.75. The van der Waals surface area contributed by atoms with Crippen molar-refractivity contribution in [2.45, 2.75) is 19.4 Å². The van der Waals surface area contributed by atoms with Gasteiger partial charge < -0.3 is 20.3 Å². The van der Waals surface area contributed by atoms with Gasteiger partial charge in [0, 0.05) is 31.7 Å². The molecule has 2 aliphatic heterocycles. The van der Waals surface area contributed by atoms with Crippen molar-refractivity contribution in [2.24, 2.45) is 0 Å². The van der Waals surface area contributed by atoms with Gasteiger partial charge in [0.2, 0.25) is 0 Å². The molecule has 0 unspecified atom stereocenters. The van der Waals surface area contributed by atoms with Crippen molar-refractivity contribution < 1.29 is 9.53 Å². The Labute approximate surface area is 119 Å². The minimum atomic E-state index is -0.262. The van der Waals surface area contributed by atoms with Gasteiger partial charge in [-0.15, -0.1) is 0 Å². The standard InChI is InChI=1S/C15H21N3O2/c1-15(2)10-18(7-8-20-15)14(19)11-3-4-12-13(9-11)17-6-5-16-12/h3-4,9,16-17H,5-8,10H2,1-2H3. The molecular formula is C15H21N3O2. The lowest BCUT2D eigenvalue weighted by Gasteiger charge is -2.38. The second-order valence-electron chi connectivity index (χ2n) is 5.95. The lowest BCUT2D eigenvalue weighted by atomic mass is 10.1. The Kier molecular flexibility index (Phi) is 3.30. The first-order valence-electron chi connectivity index (χ1n) is 7.10. The molecule has 2 aliphatic rings. The SMILES string of the molecule is CC1(C)CN(C(=O)c2ccc3c(c2)NCCN3)CCO1. The summed E-state index contributed by atoms with van der Waals surface area (Å²) >= 11 is 0. The van der Waals surface area contributed by atoms with Crippen LogP contribution in [0.2, 0.25) is 0 Å². The normalized spacial score (nSPS) is 20.6. The number of hydrogen-bond acceptors (Lipinski definition) is 4. The molecule has 1 aromatic carbocycles. The van der Waals surface area contributed by atoms with Crippen LogP contribution >= 0.6 is 0 Å². The summed E-state index contributed by atoms with van der Waals surface area (Å²) in [4.78, 5) is 14.5. The lowest BCUT2D eigenvalue weighted by molar-refractivity contribution is -0.0764. The van der Waals surface area contributed by atoms with Gasteiger partial charge in [0.1, 0.15) is 0 Å². The van der Waals surface area contributed by atoms with Gasteiger partial charge in [0.05, 0.1) is 23.6 Å². The Bertz CT molecular complexity index is 528. The second-order valence-corrected chi connectivity index (χ2v) is 5.95. The number of fused-ring (bicyclic) bond motifs is 1. The van der Waals surface area contributed by atoms with Gasteiger partial charge in [-0.1, -0.05) is 0 Å². The van der Waals surface area contributed by atoms with Crippen LogP contribution in [-0.2, 0) is 4.74 Å². The first-order chi connectivity index (χ1) is 9.55. The molecule has 1 aromatic rings. The summed E-state index contributed by atoms with van der Waals surface area (Å²) in [6, 6.07) is 5.80. The molecule has 2 heterocycles. The van der Waals surface area contributed by atoms with Crippen molar-refractivity contribution in [2.75, 3.05) is 43.4 Å². The van der Waals surface area contributed by atoms with Gasteiger partial charge in [-0.05, 0) is 32.0 Å². The number of morpholine rings is 1. The van der Waals surface area contributed by atoms with Crippen LogP contribution in [-0.4, -0.2) is 49.2 Å². The minimum Gasteiger partial charge on any atom is -0.382 e. The molecule has 0 aliphatic carbocycles. The summed E-state index contributed by atoms with van der Waals surface area (Å²) < 4.78 is 5.66. The smallest absolute Gasteiger partial charge is 0.254 e. The topological polar surface area (TPSA) is 53.6 Å². The summed E-state index contributed by atoms with van der Waals surface area (Å²) in [6.45, 7) is 7.73. The van der Waals surface area contributed by atoms with Crippen LogP contribution in [0.25, 0.3) is 0 Å². The number of benzene rings is 1. The van der Waals surface area contributed by atoms with Gasteiger partial charge in [-0.3, -0.25) is 4.79 Å². The molecule has 5 heteroatoms. The highest BCUT2D eigenvalue weighted by Gasteiger charge is 2.30. The van der Waals surface area contributed by atoms with Crippen LogP contribution in [0.1, 0.15) is 24.2 Å². The Morgan fingerprint density at radius 1 is 1.25 bits per heavy atom. The van der Waals surface area contributed by atoms with Crippen LogP contribution in [0.4, 0.5) is 11.4 Å². The maximum absolute atomic E-state index is 12.6. The molecule has 0 radical (unpaired) electrons. The molecule has 3 rings (SSSR count). The third kappa shape index (κ3) is 2.58. The minimum absolute atomic E-state index is 0.0801. The molecule has 5 nitrogen and oxygen atoms in total. The van der Waals surface area contributed by atoms with E-state index in [4.69, 9.17) is 4.74 Å². The Balaban J connectivity index is 1.80. The molecule has 0 bridgehead atoms. The van der Waals surface area contributed by atoms with Crippen LogP contribution in [0.3, 0.4) is 0 Å². The molecule has 1 amide bonds. The number of ether oxygens (including phenoxy) is 1.